The molecule has 2 heterocycles. The molecule has 1 aromatic heterocycles. The smallest absolute Gasteiger partial charge is 0.348 e. The van der Waals surface area contributed by atoms with Gasteiger partial charge in [0.25, 0.3) is 5.91 Å². The van der Waals surface area contributed by atoms with Gasteiger partial charge in [0.2, 0.25) is 0 Å². The number of aromatic nitrogens is 3. The zero-order valence-electron chi connectivity index (χ0n) is 16.0. The van der Waals surface area contributed by atoms with E-state index in [9.17, 15) is 9.59 Å². The topological polar surface area (TPSA) is 80.2 Å². The van der Waals surface area contributed by atoms with Crippen molar-refractivity contribution in [3.63, 3.8) is 0 Å². The van der Waals surface area contributed by atoms with Gasteiger partial charge in [0.1, 0.15) is 11.6 Å². The summed E-state index contributed by atoms with van der Waals surface area (Å²) in [6, 6.07) is 14.2. The molecule has 0 bridgehead atoms. The molecule has 1 amide bonds. The van der Waals surface area contributed by atoms with Gasteiger partial charge in [-0.15, -0.1) is 5.10 Å². The normalized spacial score (nSPS) is 14.8. The Morgan fingerprint density at radius 2 is 1.83 bits per heavy atom. The summed E-state index contributed by atoms with van der Waals surface area (Å²) in [6.45, 7) is 1.18. The molecule has 29 heavy (non-hydrogen) atoms. The minimum atomic E-state index is -0.278. The molecular formula is C21H21ClN4O3. The number of nitrogens with one attached hydrogen (secondary N) is 1. The van der Waals surface area contributed by atoms with E-state index in [1.54, 1.807) is 54.5 Å². The Morgan fingerprint density at radius 1 is 1.14 bits per heavy atom. The molecule has 7 nitrogen and oxygen atoms in total. The first-order valence-corrected chi connectivity index (χ1v) is 9.82. The summed E-state index contributed by atoms with van der Waals surface area (Å²) >= 11 is 6.15. The maximum absolute atomic E-state index is 12.7. The van der Waals surface area contributed by atoms with Crippen molar-refractivity contribution in [2.45, 2.75) is 18.8 Å². The molecule has 0 radical (unpaired) electrons. The van der Waals surface area contributed by atoms with Gasteiger partial charge < -0.3 is 9.64 Å². The van der Waals surface area contributed by atoms with Crippen molar-refractivity contribution in [2.75, 3.05) is 20.2 Å². The number of piperidine rings is 1. The second-order valence-electron chi connectivity index (χ2n) is 6.97. The van der Waals surface area contributed by atoms with Gasteiger partial charge >= 0.3 is 5.69 Å². The van der Waals surface area contributed by atoms with Crippen molar-refractivity contribution in [2.24, 2.45) is 0 Å². The molecule has 0 unspecified atom stereocenters. The Kier molecular flexibility index (Phi) is 5.40. The third-order valence-corrected chi connectivity index (χ3v) is 5.55. The summed E-state index contributed by atoms with van der Waals surface area (Å²) in [6.07, 6.45) is 1.46. The third kappa shape index (κ3) is 3.91. The van der Waals surface area contributed by atoms with Gasteiger partial charge in [-0.25, -0.2) is 4.79 Å². The van der Waals surface area contributed by atoms with Crippen molar-refractivity contribution in [3.05, 3.63) is 75.4 Å². The number of nitrogens with zero attached hydrogens (tertiary/aromatic N) is 3. The highest BCUT2D eigenvalue weighted by Gasteiger charge is 2.27. The molecule has 0 saturated carbocycles. The average Bonchev–Trinajstić information content (AvgIpc) is 3.15. The van der Waals surface area contributed by atoms with Crippen LogP contribution in [0.3, 0.4) is 0 Å². The highest BCUT2D eigenvalue weighted by Crippen LogP contribution is 2.27. The van der Waals surface area contributed by atoms with E-state index in [2.05, 4.69) is 10.1 Å². The third-order valence-electron chi connectivity index (χ3n) is 5.23. The molecule has 1 N–H and O–H groups in total. The predicted octanol–water partition coefficient (Wildman–Crippen LogP) is 3.24. The van der Waals surface area contributed by atoms with Gasteiger partial charge in [0.05, 0.1) is 23.4 Å². The zero-order chi connectivity index (χ0) is 20.4. The van der Waals surface area contributed by atoms with Crippen LogP contribution in [0.25, 0.3) is 5.69 Å². The number of likely N-dealkylation sites (tertiary alicyclic amines) is 1. The monoisotopic (exact) mass is 412 g/mol. The van der Waals surface area contributed by atoms with Gasteiger partial charge in [-0.3, -0.25) is 9.78 Å². The second kappa shape index (κ2) is 8.13. The fourth-order valence-corrected chi connectivity index (χ4v) is 3.80. The standard InChI is InChI=1S/C21H21ClN4O3/c1-29-16-8-6-15(7-9-16)26-21(28)23-19(24-26)14-10-12-25(13-11-14)20(27)17-4-2-3-5-18(17)22/h2-9,14H,10-13H2,1H3,(H,23,24,28). The Morgan fingerprint density at radius 3 is 2.48 bits per heavy atom. The lowest BCUT2D eigenvalue weighted by Gasteiger charge is -2.31. The Hall–Kier alpha value is -3.06. The molecule has 8 heteroatoms. The summed E-state index contributed by atoms with van der Waals surface area (Å²) < 4.78 is 6.51. The summed E-state index contributed by atoms with van der Waals surface area (Å²) in [5.74, 6) is 1.40. The lowest BCUT2D eigenvalue weighted by atomic mass is 9.95. The Labute approximate surface area is 172 Å². The van der Waals surface area contributed by atoms with Crippen LogP contribution < -0.4 is 10.4 Å². The predicted molar refractivity (Wildman–Crippen MR) is 110 cm³/mol. The number of methoxy groups -OCH3 is 1. The van der Waals surface area contributed by atoms with Gasteiger partial charge in [-0.2, -0.15) is 4.68 Å². The lowest BCUT2D eigenvalue weighted by molar-refractivity contribution is 0.0711. The maximum atomic E-state index is 12.7. The molecule has 0 atom stereocenters. The molecule has 1 aliphatic heterocycles. The van der Waals surface area contributed by atoms with Crippen molar-refractivity contribution < 1.29 is 9.53 Å². The van der Waals surface area contributed by atoms with Crippen LogP contribution in [0.1, 0.15) is 34.9 Å². The van der Waals surface area contributed by atoms with Crippen LogP contribution in [0.4, 0.5) is 0 Å². The molecule has 0 aliphatic carbocycles. The summed E-state index contributed by atoms with van der Waals surface area (Å²) in [5, 5.41) is 4.94. The van der Waals surface area contributed by atoms with E-state index < -0.39 is 0 Å². The van der Waals surface area contributed by atoms with Crippen LogP contribution >= 0.6 is 11.6 Å². The van der Waals surface area contributed by atoms with Crippen molar-refractivity contribution in [1.29, 1.82) is 0 Å². The van der Waals surface area contributed by atoms with E-state index >= 15 is 0 Å². The fraction of sp³-hybridized carbons (Fsp3) is 0.286. The van der Waals surface area contributed by atoms with Crippen LogP contribution in [-0.2, 0) is 0 Å². The average molecular weight is 413 g/mol. The number of hydrogen-bond acceptors (Lipinski definition) is 4. The number of ether oxygens (including phenoxy) is 1. The van der Waals surface area contributed by atoms with Gasteiger partial charge in [-0.1, -0.05) is 23.7 Å². The largest absolute Gasteiger partial charge is 0.497 e. The SMILES string of the molecule is COc1ccc(-n2nc(C3CCN(C(=O)c4ccccc4Cl)CC3)[nH]c2=O)cc1. The molecule has 1 aliphatic rings. The van der Waals surface area contributed by atoms with Crippen LogP contribution in [0.15, 0.2) is 53.3 Å². The quantitative estimate of drug-likeness (QED) is 0.713. The van der Waals surface area contributed by atoms with E-state index in [-0.39, 0.29) is 17.5 Å². The highest BCUT2D eigenvalue weighted by atomic mass is 35.5. The number of carbonyl (C=O) groups excluding carboxylic acids is 1. The van der Waals surface area contributed by atoms with Crippen molar-refractivity contribution >= 4 is 17.5 Å². The van der Waals surface area contributed by atoms with Gasteiger partial charge in [0.15, 0.2) is 0 Å². The molecule has 1 saturated heterocycles. The van der Waals surface area contributed by atoms with E-state index in [1.807, 2.05) is 6.07 Å². The van der Waals surface area contributed by atoms with E-state index in [1.165, 1.54) is 4.68 Å². The first-order chi connectivity index (χ1) is 14.1. The van der Waals surface area contributed by atoms with Crippen LogP contribution in [0.5, 0.6) is 5.75 Å². The fourth-order valence-electron chi connectivity index (χ4n) is 3.58. The first-order valence-electron chi connectivity index (χ1n) is 9.44. The number of hydrogen-bond donors (Lipinski definition) is 1. The first kappa shape index (κ1) is 19.3. The number of amides is 1. The second-order valence-corrected chi connectivity index (χ2v) is 7.38. The van der Waals surface area contributed by atoms with Crippen molar-refractivity contribution in [3.8, 4) is 11.4 Å². The van der Waals surface area contributed by atoms with Gasteiger partial charge in [-0.05, 0) is 49.2 Å². The van der Waals surface area contributed by atoms with Crippen LogP contribution in [0.2, 0.25) is 5.02 Å². The molecule has 1 fully saturated rings. The minimum absolute atomic E-state index is 0.0636. The number of aromatic amines is 1. The molecule has 150 valence electrons. The lowest BCUT2D eigenvalue weighted by Crippen LogP contribution is -2.38. The number of benzene rings is 2. The zero-order valence-corrected chi connectivity index (χ0v) is 16.7. The Balaban J connectivity index is 1.46. The minimum Gasteiger partial charge on any atom is -0.497 e. The van der Waals surface area contributed by atoms with E-state index in [4.69, 9.17) is 16.3 Å². The van der Waals surface area contributed by atoms with Crippen LogP contribution in [0, 0.1) is 0 Å². The Bertz CT molecular complexity index is 1070. The number of carbonyl (C=O) groups is 1. The molecular weight excluding hydrogens is 392 g/mol. The van der Waals surface area contributed by atoms with Crippen molar-refractivity contribution in [1.82, 2.24) is 19.7 Å². The van der Waals surface area contributed by atoms with Gasteiger partial charge in [0, 0.05) is 19.0 Å². The molecule has 3 aromatic rings. The highest BCUT2D eigenvalue weighted by molar-refractivity contribution is 6.33. The van der Waals surface area contributed by atoms with E-state index in [0.29, 0.717) is 40.9 Å². The molecule has 4 rings (SSSR count). The maximum Gasteiger partial charge on any atom is 0.348 e. The summed E-state index contributed by atoms with van der Waals surface area (Å²) in [5.41, 5.74) is 0.911. The number of H-pyrrole nitrogens is 1. The molecule has 0 spiro atoms. The molecule has 2 aromatic carbocycles. The number of halogens is 1. The summed E-state index contributed by atoms with van der Waals surface area (Å²) in [4.78, 5) is 29.7. The number of rotatable bonds is 4. The summed E-state index contributed by atoms with van der Waals surface area (Å²) in [7, 11) is 1.59. The van der Waals surface area contributed by atoms with E-state index in [0.717, 1.165) is 12.8 Å². The van der Waals surface area contributed by atoms with Crippen LogP contribution in [-0.4, -0.2) is 45.8 Å².